The van der Waals surface area contributed by atoms with Crippen molar-refractivity contribution < 1.29 is 4.79 Å². The smallest absolute Gasteiger partial charge is 0.233 e. The number of amides is 1. The third-order valence-corrected chi connectivity index (χ3v) is 4.60. The summed E-state index contributed by atoms with van der Waals surface area (Å²) in [7, 11) is 0. The number of hydrogen-bond acceptors (Lipinski definition) is 2. The molecule has 0 aromatic rings. The Kier molecular flexibility index (Phi) is 2.25. The predicted molar refractivity (Wildman–Crippen MR) is 65.8 cm³/mol. The molecule has 0 spiro atoms. The van der Waals surface area contributed by atoms with E-state index in [9.17, 15) is 4.79 Å². The number of nitrogens with two attached hydrogens (primary N) is 1. The summed E-state index contributed by atoms with van der Waals surface area (Å²) in [6.07, 6.45) is 6.80. The van der Waals surface area contributed by atoms with E-state index in [0.29, 0.717) is 11.0 Å². The van der Waals surface area contributed by atoms with Crippen molar-refractivity contribution in [2.24, 2.45) is 23.0 Å². The molecule has 88 valence electrons. The molecule has 3 saturated carbocycles. The van der Waals surface area contributed by atoms with Crippen molar-refractivity contribution in [3.8, 4) is 0 Å². The SMILES string of the molecule is NC(=S)C1(C(=O)NC(C2CC2)C2CC2)CC1. The Morgan fingerprint density at radius 1 is 1.25 bits per heavy atom. The molecule has 0 aromatic heterocycles. The van der Waals surface area contributed by atoms with Crippen molar-refractivity contribution in [1.82, 2.24) is 5.32 Å². The average Bonchev–Trinajstić information content (AvgIpc) is 3.17. The predicted octanol–water partition coefficient (Wildman–Crippen LogP) is 1.36. The number of carbonyl (C=O) groups is 1. The summed E-state index contributed by atoms with van der Waals surface area (Å²) in [5.41, 5.74) is 5.19. The van der Waals surface area contributed by atoms with Gasteiger partial charge in [-0.2, -0.15) is 0 Å². The summed E-state index contributed by atoms with van der Waals surface area (Å²) in [6.45, 7) is 0. The van der Waals surface area contributed by atoms with E-state index < -0.39 is 5.41 Å². The lowest BCUT2D eigenvalue weighted by molar-refractivity contribution is -0.125. The molecule has 0 heterocycles. The normalized spacial score (nSPS) is 26.6. The van der Waals surface area contributed by atoms with Crippen LogP contribution in [0.5, 0.6) is 0 Å². The van der Waals surface area contributed by atoms with Crippen LogP contribution in [0.2, 0.25) is 0 Å². The molecule has 0 aliphatic heterocycles. The minimum Gasteiger partial charge on any atom is -0.392 e. The fourth-order valence-electron chi connectivity index (χ4n) is 2.53. The number of thiocarbonyl (C=S) groups is 1. The molecule has 3 rings (SSSR count). The van der Waals surface area contributed by atoms with Crippen molar-refractivity contribution in [2.75, 3.05) is 0 Å². The van der Waals surface area contributed by atoms with E-state index >= 15 is 0 Å². The van der Waals surface area contributed by atoms with Gasteiger partial charge in [0.25, 0.3) is 0 Å². The quantitative estimate of drug-likeness (QED) is 0.711. The first-order valence-corrected chi connectivity index (χ1v) is 6.65. The molecule has 0 saturated heterocycles. The molecule has 3 N–H and O–H groups in total. The van der Waals surface area contributed by atoms with Crippen LogP contribution in [0.15, 0.2) is 0 Å². The first-order valence-electron chi connectivity index (χ1n) is 6.24. The van der Waals surface area contributed by atoms with Crippen LogP contribution in [0, 0.1) is 17.3 Å². The lowest BCUT2D eigenvalue weighted by Crippen LogP contribution is -2.46. The van der Waals surface area contributed by atoms with E-state index in [0.717, 1.165) is 24.7 Å². The summed E-state index contributed by atoms with van der Waals surface area (Å²) < 4.78 is 0. The number of rotatable bonds is 5. The van der Waals surface area contributed by atoms with Gasteiger partial charge in [0, 0.05) is 6.04 Å². The topological polar surface area (TPSA) is 55.1 Å². The highest BCUT2D eigenvalue weighted by atomic mass is 32.1. The Bertz CT molecular complexity index is 331. The minimum atomic E-state index is -0.475. The van der Waals surface area contributed by atoms with Crippen molar-refractivity contribution in [3.63, 3.8) is 0 Å². The van der Waals surface area contributed by atoms with Gasteiger partial charge >= 0.3 is 0 Å². The van der Waals surface area contributed by atoms with Crippen LogP contribution in [0.25, 0.3) is 0 Å². The molecule has 0 aromatic carbocycles. The third kappa shape index (κ3) is 1.73. The zero-order valence-electron chi connectivity index (χ0n) is 9.37. The van der Waals surface area contributed by atoms with Crippen molar-refractivity contribution in [1.29, 1.82) is 0 Å². The van der Waals surface area contributed by atoms with Crippen LogP contribution >= 0.6 is 12.2 Å². The Morgan fingerprint density at radius 3 is 2.06 bits per heavy atom. The molecule has 3 aliphatic rings. The zero-order valence-corrected chi connectivity index (χ0v) is 10.2. The van der Waals surface area contributed by atoms with Crippen LogP contribution in [0.4, 0.5) is 0 Å². The lowest BCUT2D eigenvalue weighted by Gasteiger charge is -2.21. The molecule has 3 aliphatic carbocycles. The van der Waals surface area contributed by atoms with E-state index in [-0.39, 0.29) is 5.91 Å². The van der Waals surface area contributed by atoms with Crippen molar-refractivity contribution >= 4 is 23.1 Å². The molecule has 0 radical (unpaired) electrons. The highest BCUT2D eigenvalue weighted by Gasteiger charge is 2.54. The van der Waals surface area contributed by atoms with Gasteiger partial charge < -0.3 is 11.1 Å². The van der Waals surface area contributed by atoms with Gasteiger partial charge in [0.2, 0.25) is 5.91 Å². The molecular weight excluding hydrogens is 220 g/mol. The van der Waals surface area contributed by atoms with E-state index in [4.69, 9.17) is 18.0 Å². The monoisotopic (exact) mass is 238 g/mol. The maximum Gasteiger partial charge on any atom is 0.233 e. The molecule has 0 atom stereocenters. The second-order valence-corrected chi connectivity index (χ2v) is 6.06. The largest absolute Gasteiger partial charge is 0.392 e. The van der Waals surface area contributed by atoms with Crippen LogP contribution in [0.3, 0.4) is 0 Å². The van der Waals surface area contributed by atoms with E-state index in [1.165, 1.54) is 25.7 Å². The van der Waals surface area contributed by atoms with Gasteiger partial charge in [0.15, 0.2) is 0 Å². The maximum absolute atomic E-state index is 12.2. The summed E-state index contributed by atoms with van der Waals surface area (Å²) in [5.74, 6) is 1.57. The maximum atomic E-state index is 12.2. The number of carbonyl (C=O) groups excluding carboxylic acids is 1. The van der Waals surface area contributed by atoms with Crippen molar-refractivity contribution in [2.45, 2.75) is 44.6 Å². The Balaban J connectivity index is 1.64. The first kappa shape index (κ1) is 10.5. The molecule has 3 nitrogen and oxygen atoms in total. The average molecular weight is 238 g/mol. The highest BCUT2D eigenvalue weighted by molar-refractivity contribution is 7.80. The summed E-state index contributed by atoms with van der Waals surface area (Å²) in [5, 5.41) is 3.22. The van der Waals surface area contributed by atoms with Gasteiger partial charge in [-0.25, -0.2) is 0 Å². The van der Waals surface area contributed by atoms with Crippen molar-refractivity contribution in [3.05, 3.63) is 0 Å². The highest BCUT2D eigenvalue weighted by Crippen LogP contribution is 2.49. The minimum absolute atomic E-state index is 0.101. The summed E-state index contributed by atoms with van der Waals surface area (Å²) >= 11 is 5.00. The Labute approximate surface area is 101 Å². The summed E-state index contributed by atoms with van der Waals surface area (Å²) in [6, 6.07) is 0.416. The molecular formula is C12H18N2OS. The molecule has 0 bridgehead atoms. The molecule has 4 heteroatoms. The van der Waals surface area contributed by atoms with Crippen LogP contribution in [-0.4, -0.2) is 16.9 Å². The van der Waals surface area contributed by atoms with Gasteiger partial charge in [0.1, 0.15) is 0 Å². The third-order valence-electron chi connectivity index (χ3n) is 4.21. The van der Waals surface area contributed by atoms with E-state index in [2.05, 4.69) is 5.32 Å². The second kappa shape index (κ2) is 3.42. The molecule has 1 amide bonds. The molecule has 0 unspecified atom stereocenters. The Hall–Kier alpha value is -0.640. The Morgan fingerprint density at radius 2 is 1.75 bits per heavy atom. The standard InChI is InChI=1S/C12H18N2OS/c13-10(16)12(5-6-12)11(15)14-9(7-1-2-7)8-3-4-8/h7-9H,1-6H2,(H2,13,16)(H,14,15). The van der Waals surface area contributed by atoms with Gasteiger partial charge in [0.05, 0.1) is 10.4 Å². The second-order valence-electron chi connectivity index (χ2n) is 5.62. The zero-order chi connectivity index (χ0) is 11.3. The fraction of sp³-hybridized carbons (Fsp3) is 0.833. The molecule has 3 fully saturated rings. The van der Waals surface area contributed by atoms with Crippen LogP contribution in [0.1, 0.15) is 38.5 Å². The van der Waals surface area contributed by atoms with Gasteiger partial charge in [-0.15, -0.1) is 0 Å². The number of nitrogens with one attached hydrogen (secondary N) is 1. The lowest BCUT2D eigenvalue weighted by atomic mass is 10.0. The molecule has 16 heavy (non-hydrogen) atoms. The first-order chi connectivity index (χ1) is 7.63. The van der Waals surface area contributed by atoms with E-state index in [1.807, 2.05) is 0 Å². The number of hydrogen-bond donors (Lipinski definition) is 2. The van der Waals surface area contributed by atoms with E-state index in [1.54, 1.807) is 0 Å². The van der Waals surface area contributed by atoms with Crippen LogP contribution < -0.4 is 11.1 Å². The van der Waals surface area contributed by atoms with Crippen LogP contribution in [-0.2, 0) is 4.79 Å². The summed E-state index contributed by atoms with van der Waals surface area (Å²) in [4.78, 5) is 12.5. The van der Waals surface area contributed by atoms with Gasteiger partial charge in [-0.3, -0.25) is 4.79 Å². The van der Waals surface area contributed by atoms with Gasteiger partial charge in [-0.05, 0) is 50.4 Å². The van der Waals surface area contributed by atoms with Gasteiger partial charge in [-0.1, -0.05) is 12.2 Å². The fourth-order valence-corrected chi connectivity index (χ4v) is 2.83.